The van der Waals surface area contributed by atoms with E-state index in [4.69, 9.17) is 18.9 Å². The van der Waals surface area contributed by atoms with E-state index in [9.17, 15) is 0 Å². The van der Waals surface area contributed by atoms with E-state index in [1.807, 2.05) is 0 Å². The zero-order chi connectivity index (χ0) is 48.9. The van der Waals surface area contributed by atoms with Gasteiger partial charge in [0.1, 0.15) is 11.5 Å². The van der Waals surface area contributed by atoms with Crippen LogP contribution in [0.3, 0.4) is 0 Å². The third-order valence-electron chi connectivity index (χ3n) is 14.9. The van der Waals surface area contributed by atoms with Gasteiger partial charge in [-0.2, -0.15) is 0 Å². The Morgan fingerprint density at radius 1 is 0.309 bits per heavy atom. The highest BCUT2D eigenvalue weighted by Gasteiger charge is 2.12. The van der Waals surface area contributed by atoms with Gasteiger partial charge in [-0.1, -0.05) is 266 Å². The van der Waals surface area contributed by atoms with E-state index in [0.29, 0.717) is 0 Å². The van der Waals surface area contributed by atoms with Crippen molar-refractivity contribution in [1.29, 1.82) is 0 Å². The lowest BCUT2D eigenvalue weighted by Gasteiger charge is -2.18. The van der Waals surface area contributed by atoms with E-state index < -0.39 is 0 Å². The van der Waals surface area contributed by atoms with Crippen LogP contribution < -0.4 is 9.47 Å². The minimum atomic E-state index is 0.734. The summed E-state index contributed by atoms with van der Waals surface area (Å²) in [5.41, 5.74) is 1.24. The molecule has 0 aliphatic heterocycles. The SMILES string of the molecule is CCCCCCCCCCCCC(CCCCCCCCCC)COCCCCOc1ccc(OCCCCOCC(CCCCCCCCCC)CCCCCCCCCCCC)c(CC)c1. The summed E-state index contributed by atoms with van der Waals surface area (Å²) >= 11 is 0. The monoisotopic (exact) mass is 955 g/mol. The molecular formula is C64H122O4. The summed E-state index contributed by atoms with van der Waals surface area (Å²) in [6.45, 7) is 16.6. The molecule has 0 spiro atoms. The molecule has 4 heteroatoms. The molecule has 1 rings (SSSR count). The second kappa shape index (κ2) is 53.5. The van der Waals surface area contributed by atoms with Gasteiger partial charge >= 0.3 is 0 Å². The smallest absolute Gasteiger partial charge is 0.122 e. The number of rotatable bonds is 57. The molecule has 4 nitrogen and oxygen atoms in total. The molecular weight excluding hydrogens is 833 g/mol. The largest absolute Gasteiger partial charge is 0.494 e. The standard InChI is InChI=1S/C64H122O4/c1-6-11-15-19-23-27-29-33-37-41-49-60(47-39-35-31-25-21-17-13-8-3)58-65-53-43-45-55-67-63-51-52-64(62(10-5)57-63)68-56-46-44-54-66-59-61(48-40-36-32-26-22-18-14-9-4)50-42-38-34-30-28-24-20-16-12-7-2/h51-52,57,60-61H,6-50,53-56,58-59H2,1-5H3. The molecule has 0 saturated heterocycles. The van der Waals surface area contributed by atoms with Gasteiger partial charge in [0, 0.05) is 26.4 Å². The van der Waals surface area contributed by atoms with Gasteiger partial charge in [-0.15, -0.1) is 0 Å². The van der Waals surface area contributed by atoms with Crippen LogP contribution in [0.1, 0.15) is 323 Å². The Morgan fingerprint density at radius 2 is 0.603 bits per heavy atom. The average Bonchev–Trinajstić information content (AvgIpc) is 3.35. The van der Waals surface area contributed by atoms with Crippen LogP contribution >= 0.6 is 0 Å². The molecule has 0 bridgehead atoms. The number of aryl methyl sites for hydroxylation is 1. The summed E-state index contributed by atoms with van der Waals surface area (Å²) in [6, 6.07) is 6.41. The van der Waals surface area contributed by atoms with Gasteiger partial charge in [0.15, 0.2) is 0 Å². The third kappa shape index (κ3) is 43.5. The van der Waals surface area contributed by atoms with Gasteiger partial charge in [0.25, 0.3) is 0 Å². The molecule has 1 aromatic carbocycles. The van der Waals surface area contributed by atoms with Crippen LogP contribution in [0.15, 0.2) is 18.2 Å². The van der Waals surface area contributed by atoms with Crippen LogP contribution in [0, 0.1) is 11.8 Å². The van der Waals surface area contributed by atoms with Crippen molar-refractivity contribution in [2.45, 2.75) is 324 Å². The van der Waals surface area contributed by atoms with Crippen molar-refractivity contribution < 1.29 is 18.9 Å². The normalized spacial score (nSPS) is 12.5. The van der Waals surface area contributed by atoms with Crippen molar-refractivity contribution in [3.05, 3.63) is 23.8 Å². The summed E-state index contributed by atoms with van der Waals surface area (Å²) < 4.78 is 25.2. The maximum absolute atomic E-state index is 6.34. The first-order valence-electron chi connectivity index (χ1n) is 31.2. The maximum atomic E-state index is 6.34. The molecule has 0 fully saturated rings. The van der Waals surface area contributed by atoms with E-state index in [2.05, 4.69) is 52.8 Å². The lowest BCUT2D eigenvalue weighted by Crippen LogP contribution is -2.12. The Balaban J connectivity index is 2.33. The van der Waals surface area contributed by atoms with Gasteiger partial charge in [-0.05, 0) is 93.4 Å². The molecule has 0 aliphatic rings. The Hall–Kier alpha value is -1.26. The van der Waals surface area contributed by atoms with Crippen LogP contribution in [0.25, 0.3) is 0 Å². The molecule has 0 aliphatic carbocycles. The maximum Gasteiger partial charge on any atom is 0.122 e. The van der Waals surface area contributed by atoms with E-state index >= 15 is 0 Å². The van der Waals surface area contributed by atoms with E-state index in [1.54, 1.807) is 0 Å². The predicted octanol–water partition coefficient (Wildman–Crippen LogP) is 21.5. The van der Waals surface area contributed by atoms with Gasteiger partial charge < -0.3 is 18.9 Å². The fourth-order valence-corrected chi connectivity index (χ4v) is 10.1. The van der Waals surface area contributed by atoms with Crippen molar-refractivity contribution >= 4 is 0 Å². The number of unbranched alkanes of at least 4 members (excludes halogenated alkanes) is 34. The number of hydrogen-bond acceptors (Lipinski definition) is 4. The molecule has 1 aromatic rings. The molecule has 68 heavy (non-hydrogen) atoms. The highest BCUT2D eigenvalue weighted by atomic mass is 16.5. The fourth-order valence-electron chi connectivity index (χ4n) is 10.1. The Bertz CT molecular complexity index is 1110. The predicted molar refractivity (Wildman–Crippen MR) is 301 cm³/mol. The Morgan fingerprint density at radius 3 is 0.926 bits per heavy atom. The minimum absolute atomic E-state index is 0.734. The molecule has 0 radical (unpaired) electrons. The number of hydrogen-bond donors (Lipinski definition) is 0. The van der Waals surface area contributed by atoms with Crippen molar-refractivity contribution in [2.24, 2.45) is 11.8 Å². The van der Waals surface area contributed by atoms with E-state index in [-0.39, 0.29) is 0 Å². The van der Waals surface area contributed by atoms with Gasteiger partial charge in [0.05, 0.1) is 13.2 Å². The first-order chi connectivity index (χ1) is 33.7. The zero-order valence-electron chi connectivity index (χ0n) is 47.1. The molecule has 0 amide bonds. The van der Waals surface area contributed by atoms with Crippen LogP contribution in [-0.4, -0.2) is 39.6 Å². The van der Waals surface area contributed by atoms with Crippen molar-refractivity contribution in [3.8, 4) is 11.5 Å². The summed E-state index contributed by atoms with van der Waals surface area (Å²) in [6.07, 6.45) is 61.3. The van der Waals surface area contributed by atoms with Gasteiger partial charge in [-0.3, -0.25) is 0 Å². The first-order valence-corrected chi connectivity index (χ1v) is 31.2. The molecule has 402 valence electrons. The van der Waals surface area contributed by atoms with Crippen LogP contribution in [0.5, 0.6) is 11.5 Å². The topological polar surface area (TPSA) is 36.9 Å². The highest BCUT2D eigenvalue weighted by molar-refractivity contribution is 5.40. The molecule has 0 heterocycles. The van der Waals surface area contributed by atoms with Gasteiger partial charge in [-0.25, -0.2) is 0 Å². The first kappa shape index (κ1) is 64.8. The molecule has 0 saturated carbocycles. The van der Waals surface area contributed by atoms with Crippen LogP contribution in [-0.2, 0) is 15.9 Å². The second-order valence-corrected chi connectivity index (χ2v) is 21.6. The molecule has 2 atom stereocenters. The van der Waals surface area contributed by atoms with E-state index in [1.165, 1.54) is 262 Å². The summed E-state index contributed by atoms with van der Waals surface area (Å²) in [4.78, 5) is 0. The Kier molecular flexibility index (Phi) is 51.0. The average molecular weight is 956 g/mol. The van der Waals surface area contributed by atoms with Crippen LogP contribution in [0.4, 0.5) is 0 Å². The minimum Gasteiger partial charge on any atom is -0.494 e. The molecule has 2 unspecified atom stereocenters. The van der Waals surface area contributed by atoms with Crippen molar-refractivity contribution in [1.82, 2.24) is 0 Å². The number of ether oxygens (including phenoxy) is 4. The second-order valence-electron chi connectivity index (χ2n) is 21.6. The lowest BCUT2D eigenvalue weighted by atomic mass is 9.94. The van der Waals surface area contributed by atoms with E-state index in [0.717, 1.165) is 95.1 Å². The zero-order valence-corrected chi connectivity index (χ0v) is 47.1. The summed E-state index contributed by atoms with van der Waals surface area (Å²) in [5, 5.41) is 0. The van der Waals surface area contributed by atoms with Crippen molar-refractivity contribution in [3.63, 3.8) is 0 Å². The molecule has 0 aromatic heterocycles. The quantitative estimate of drug-likeness (QED) is 0.0610. The van der Waals surface area contributed by atoms with Gasteiger partial charge in [0.2, 0.25) is 0 Å². The molecule has 0 N–H and O–H groups in total. The third-order valence-corrected chi connectivity index (χ3v) is 14.9. The summed E-state index contributed by atoms with van der Waals surface area (Å²) in [5.74, 6) is 3.44. The Labute approximate surface area is 427 Å². The number of benzene rings is 1. The van der Waals surface area contributed by atoms with Crippen LogP contribution in [0.2, 0.25) is 0 Å². The summed E-state index contributed by atoms with van der Waals surface area (Å²) in [7, 11) is 0. The highest BCUT2D eigenvalue weighted by Crippen LogP contribution is 2.26. The lowest BCUT2D eigenvalue weighted by molar-refractivity contribution is 0.0858. The van der Waals surface area contributed by atoms with Crippen molar-refractivity contribution in [2.75, 3.05) is 39.6 Å². The fraction of sp³-hybridized carbons (Fsp3) is 0.906.